The third-order valence-corrected chi connectivity index (χ3v) is 3.93. The summed E-state index contributed by atoms with van der Waals surface area (Å²) in [5.41, 5.74) is 9.08. The molecule has 27 heavy (non-hydrogen) atoms. The highest BCUT2D eigenvalue weighted by atomic mass is 16.5. The lowest BCUT2D eigenvalue weighted by atomic mass is 9.85. The van der Waals surface area contributed by atoms with Crippen molar-refractivity contribution in [3.8, 4) is 0 Å². The van der Waals surface area contributed by atoms with E-state index in [1.165, 1.54) is 0 Å². The highest BCUT2D eigenvalue weighted by Gasteiger charge is 2.39. The Morgan fingerprint density at radius 3 is 1.93 bits per heavy atom. The molecule has 6 N–H and O–H groups in total. The van der Waals surface area contributed by atoms with Crippen LogP contribution in [0.3, 0.4) is 0 Å². The van der Waals surface area contributed by atoms with Gasteiger partial charge in [-0.3, -0.25) is 14.4 Å². The van der Waals surface area contributed by atoms with Crippen molar-refractivity contribution in [3.63, 3.8) is 0 Å². The number of amides is 2. The number of ether oxygens (including phenoxy) is 1. The highest BCUT2D eigenvalue weighted by molar-refractivity contribution is 5.90. The van der Waals surface area contributed by atoms with E-state index in [-0.39, 0.29) is 0 Å². The summed E-state index contributed by atoms with van der Waals surface area (Å²) < 4.78 is 4.83. The van der Waals surface area contributed by atoms with Crippen LogP contribution in [-0.4, -0.2) is 35.7 Å². The number of benzene rings is 2. The van der Waals surface area contributed by atoms with Crippen LogP contribution in [-0.2, 0) is 24.7 Å². The predicted octanol–water partition coefficient (Wildman–Crippen LogP) is -0.258. The summed E-state index contributed by atoms with van der Waals surface area (Å²) in [7, 11) is 0. The number of nitrogens with one attached hydrogen (secondary N) is 1. The van der Waals surface area contributed by atoms with E-state index in [0.717, 1.165) is 0 Å². The van der Waals surface area contributed by atoms with Gasteiger partial charge in [-0.15, -0.1) is 0 Å². The van der Waals surface area contributed by atoms with E-state index < -0.39 is 42.6 Å². The van der Waals surface area contributed by atoms with Crippen molar-refractivity contribution in [1.29, 1.82) is 0 Å². The van der Waals surface area contributed by atoms with E-state index in [1.807, 2.05) is 0 Å². The zero-order valence-electron chi connectivity index (χ0n) is 14.5. The van der Waals surface area contributed by atoms with Crippen molar-refractivity contribution in [3.05, 3.63) is 71.8 Å². The Hall–Kier alpha value is -3.23. The lowest BCUT2D eigenvalue weighted by molar-refractivity contribution is -0.149. The monoisotopic (exact) mass is 371 g/mol. The number of nitrogens with two attached hydrogens (primary N) is 2. The fourth-order valence-corrected chi connectivity index (χ4v) is 2.44. The SMILES string of the molecule is NC(=O)[C@@H](N)CC(=O)OCNC(=O)C(O)(c1ccccc1)c1ccccc1. The van der Waals surface area contributed by atoms with Gasteiger partial charge in [0.25, 0.3) is 5.91 Å². The van der Waals surface area contributed by atoms with E-state index >= 15 is 0 Å². The smallest absolute Gasteiger partial charge is 0.309 e. The first kappa shape index (κ1) is 20.1. The molecular weight excluding hydrogens is 350 g/mol. The number of rotatable bonds is 8. The Kier molecular flexibility index (Phi) is 6.64. The maximum absolute atomic E-state index is 12.7. The minimum absolute atomic E-state index is 0.357. The average molecular weight is 371 g/mol. The number of primary amides is 1. The number of carbonyl (C=O) groups excluding carboxylic acids is 3. The second-order valence-electron chi connectivity index (χ2n) is 5.82. The molecule has 1 atom stereocenters. The molecule has 2 aromatic carbocycles. The molecule has 2 rings (SSSR count). The molecule has 0 bridgehead atoms. The predicted molar refractivity (Wildman–Crippen MR) is 96.8 cm³/mol. The van der Waals surface area contributed by atoms with Crippen LogP contribution in [0.1, 0.15) is 17.5 Å². The molecule has 8 nitrogen and oxygen atoms in total. The average Bonchev–Trinajstić information content (AvgIpc) is 2.68. The Morgan fingerprint density at radius 2 is 1.48 bits per heavy atom. The lowest BCUT2D eigenvalue weighted by Crippen LogP contribution is -2.46. The summed E-state index contributed by atoms with van der Waals surface area (Å²) in [5, 5.41) is 13.5. The Labute approximate surface area is 156 Å². The van der Waals surface area contributed by atoms with E-state index in [2.05, 4.69) is 5.32 Å². The number of hydrogen-bond acceptors (Lipinski definition) is 6. The second kappa shape index (κ2) is 8.93. The molecule has 0 aliphatic carbocycles. The van der Waals surface area contributed by atoms with Crippen molar-refractivity contribution in [2.45, 2.75) is 18.1 Å². The van der Waals surface area contributed by atoms with Gasteiger partial charge in [-0.1, -0.05) is 60.7 Å². The van der Waals surface area contributed by atoms with Gasteiger partial charge < -0.3 is 26.6 Å². The zero-order valence-corrected chi connectivity index (χ0v) is 14.5. The first-order valence-electron chi connectivity index (χ1n) is 8.18. The molecule has 2 amide bonds. The normalized spacial score (nSPS) is 12.1. The van der Waals surface area contributed by atoms with E-state index in [9.17, 15) is 19.5 Å². The van der Waals surface area contributed by atoms with Crippen LogP contribution in [0, 0.1) is 0 Å². The van der Waals surface area contributed by atoms with Crippen LogP contribution in [0.2, 0.25) is 0 Å². The van der Waals surface area contributed by atoms with E-state index in [1.54, 1.807) is 60.7 Å². The molecular formula is C19H21N3O5. The van der Waals surface area contributed by atoms with Crippen molar-refractivity contribution in [2.24, 2.45) is 11.5 Å². The summed E-state index contributed by atoms with van der Waals surface area (Å²) in [6.45, 7) is -0.495. The summed E-state index contributed by atoms with van der Waals surface area (Å²) in [6, 6.07) is 15.6. The van der Waals surface area contributed by atoms with E-state index in [4.69, 9.17) is 16.2 Å². The summed E-state index contributed by atoms with van der Waals surface area (Å²) in [6.07, 6.45) is -0.410. The van der Waals surface area contributed by atoms with Crippen LogP contribution >= 0.6 is 0 Å². The molecule has 2 aromatic rings. The first-order chi connectivity index (χ1) is 12.9. The van der Waals surface area contributed by atoms with Crippen molar-refractivity contribution >= 4 is 17.8 Å². The third kappa shape index (κ3) is 4.90. The van der Waals surface area contributed by atoms with Gasteiger partial charge in [-0.05, 0) is 11.1 Å². The molecule has 0 saturated carbocycles. The van der Waals surface area contributed by atoms with Gasteiger partial charge in [-0.25, -0.2) is 0 Å². The van der Waals surface area contributed by atoms with Crippen LogP contribution in [0.4, 0.5) is 0 Å². The maximum Gasteiger partial charge on any atom is 0.309 e. The van der Waals surface area contributed by atoms with E-state index in [0.29, 0.717) is 11.1 Å². The van der Waals surface area contributed by atoms with Crippen LogP contribution in [0.5, 0.6) is 0 Å². The lowest BCUT2D eigenvalue weighted by Gasteiger charge is -2.28. The molecule has 0 aromatic heterocycles. The molecule has 0 aliphatic rings. The fraction of sp³-hybridized carbons (Fsp3) is 0.211. The van der Waals surface area contributed by atoms with Gasteiger partial charge in [0.1, 0.15) is 0 Å². The van der Waals surface area contributed by atoms with Gasteiger partial charge in [0, 0.05) is 0 Å². The van der Waals surface area contributed by atoms with Gasteiger partial charge in [0.2, 0.25) is 5.91 Å². The summed E-state index contributed by atoms with van der Waals surface area (Å²) >= 11 is 0. The molecule has 0 fully saturated rings. The minimum Gasteiger partial charge on any atom is -0.444 e. The minimum atomic E-state index is -1.97. The third-order valence-electron chi connectivity index (χ3n) is 3.93. The molecule has 0 spiro atoms. The Bertz CT molecular complexity index is 756. The molecule has 142 valence electrons. The summed E-state index contributed by atoms with van der Waals surface area (Å²) in [5.74, 6) is -2.41. The molecule has 0 aliphatic heterocycles. The molecule has 0 unspecified atom stereocenters. The fourth-order valence-electron chi connectivity index (χ4n) is 2.44. The second-order valence-corrected chi connectivity index (χ2v) is 5.82. The van der Waals surface area contributed by atoms with Crippen LogP contribution in [0.15, 0.2) is 60.7 Å². The number of hydrogen-bond donors (Lipinski definition) is 4. The topological polar surface area (TPSA) is 145 Å². The van der Waals surface area contributed by atoms with Crippen molar-refractivity contribution < 1.29 is 24.2 Å². The van der Waals surface area contributed by atoms with Crippen molar-refractivity contribution in [2.75, 3.05) is 6.73 Å². The van der Waals surface area contributed by atoms with Crippen molar-refractivity contribution in [1.82, 2.24) is 5.32 Å². The molecule has 0 saturated heterocycles. The Morgan fingerprint density at radius 1 is 1.00 bits per heavy atom. The zero-order chi connectivity index (χ0) is 19.9. The molecule has 0 heterocycles. The molecule has 8 heteroatoms. The van der Waals surface area contributed by atoms with Gasteiger partial charge in [-0.2, -0.15) is 0 Å². The van der Waals surface area contributed by atoms with Gasteiger partial charge in [0.05, 0.1) is 12.5 Å². The summed E-state index contributed by atoms with van der Waals surface area (Å²) in [4.78, 5) is 35.2. The van der Waals surface area contributed by atoms with Gasteiger partial charge >= 0.3 is 5.97 Å². The Balaban J connectivity index is 2.10. The largest absolute Gasteiger partial charge is 0.444 e. The van der Waals surface area contributed by atoms with Crippen LogP contribution in [0.25, 0.3) is 0 Å². The number of carbonyl (C=O) groups is 3. The number of esters is 1. The highest BCUT2D eigenvalue weighted by Crippen LogP contribution is 2.29. The van der Waals surface area contributed by atoms with Gasteiger partial charge in [0.15, 0.2) is 12.3 Å². The first-order valence-corrected chi connectivity index (χ1v) is 8.18. The number of aliphatic hydroxyl groups is 1. The quantitative estimate of drug-likeness (QED) is 0.372. The van der Waals surface area contributed by atoms with Crippen LogP contribution < -0.4 is 16.8 Å². The molecule has 0 radical (unpaired) electrons. The standard InChI is InChI=1S/C19H21N3O5/c20-15(17(21)24)11-16(23)27-12-22-18(25)19(26,13-7-3-1-4-8-13)14-9-5-2-6-10-14/h1-10,15,26H,11-12,20H2,(H2,21,24)(H,22,25)/t15-/m0/s1. The maximum atomic E-state index is 12.7.